The molecule has 0 unspecified atom stereocenters. The van der Waals surface area contributed by atoms with Crippen LogP contribution in [0.1, 0.15) is 131 Å². The highest BCUT2D eigenvalue weighted by Crippen LogP contribution is 2.86. The number of ether oxygens (including phenoxy) is 1. The highest BCUT2D eigenvalue weighted by atomic mass is 16.6. The second-order valence-corrected chi connectivity index (χ2v) is 17.1. The van der Waals surface area contributed by atoms with E-state index in [0.717, 1.165) is 44.9 Å². The van der Waals surface area contributed by atoms with Gasteiger partial charge in [-0.05, 0) is 123 Å². The molecule has 4 bridgehead atoms. The molecule has 1 aliphatic heterocycles. The van der Waals surface area contributed by atoms with Crippen molar-refractivity contribution >= 4 is 5.97 Å². The maximum Gasteiger partial charge on any atom is 0.309 e. The summed E-state index contributed by atoms with van der Waals surface area (Å²) in [6.07, 6.45) is 15.2. The summed E-state index contributed by atoms with van der Waals surface area (Å²) in [6, 6.07) is 0. The van der Waals surface area contributed by atoms with Gasteiger partial charge in [0, 0.05) is 17.8 Å². The van der Waals surface area contributed by atoms with E-state index in [1.807, 2.05) is 6.92 Å². The van der Waals surface area contributed by atoms with Crippen molar-refractivity contribution < 1.29 is 24.9 Å². The zero-order valence-electron chi connectivity index (χ0n) is 25.3. The second kappa shape index (κ2) is 7.84. The molecule has 7 fully saturated rings. The van der Waals surface area contributed by atoms with Crippen molar-refractivity contribution in [3.63, 3.8) is 0 Å². The summed E-state index contributed by atoms with van der Waals surface area (Å²) in [5.74, 6) is -1.03. The van der Waals surface area contributed by atoms with E-state index in [0.29, 0.717) is 18.9 Å². The summed E-state index contributed by atoms with van der Waals surface area (Å²) in [5.41, 5.74) is -0.00788. The Labute approximate surface area is 235 Å². The Morgan fingerprint density at radius 2 is 1.64 bits per heavy atom. The van der Waals surface area contributed by atoms with Crippen molar-refractivity contribution in [1.29, 1.82) is 0 Å². The summed E-state index contributed by atoms with van der Waals surface area (Å²) in [4.78, 5) is 12.6. The van der Waals surface area contributed by atoms with Crippen LogP contribution in [0.25, 0.3) is 0 Å². The fraction of sp³-hybridized carbons (Fsp3) is 0.971. The molecule has 5 heteroatoms. The zero-order valence-corrected chi connectivity index (χ0v) is 25.3. The first-order valence-electron chi connectivity index (χ1n) is 16.5. The van der Waals surface area contributed by atoms with Crippen molar-refractivity contribution in [3.8, 4) is 0 Å². The Morgan fingerprint density at radius 3 is 2.36 bits per heavy atom. The third-order valence-corrected chi connectivity index (χ3v) is 16.3. The smallest absolute Gasteiger partial charge is 0.309 e. The molecule has 0 radical (unpaired) electrons. The van der Waals surface area contributed by atoms with Crippen molar-refractivity contribution in [2.75, 3.05) is 6.61 Å². The van der Waals surface area contributed by atoms with Crippen LogP contribution in [-0.4, -0.2) is 39.8 Å². The molecular weight excluding hydrogens is 488 g/mol. The van der Waals surface area contributed by atoms with Gasteiger partial charge in [0.25, 0.3) is 0 Å². The minimum Gasteiger partial charge on any atom is -0.481 e. The monoisotopic (exact) mass is 542 g/mol. The topological polar surface area (TPSA) is 87.0 Å². The first kappa shape index (κ1) is 27.2. The normalized spacial score (nSPS) is 61.4. The van der Waals surface area contributed by atoms with E-state index in [4.69, 9.17) is 4.74 Å². The molecule has 5 nitrogen and oxygen atoms in total. The molecule has 0 amide bonds. The Hall–Kier alpha value is -0.650. The van der Waals surface area contributed by atoms with E-state index in [9.17, 15) is 20.1 Å². The molecule has 220 valence electrons. The van der Waals surface area contributed by atoms with Gasteiger partial charge in [-0.25, -0.2) is 0 Å². The van der Waals surface area contributed by atoms with Gasteiger partial charge in [-0.15, -0.1) is 0 Å². The average Bonchev–Trinajstić information content (AvgIpc) is 3.05. The molecule has 0 aromatic rings. The van der Waals surface area contributed by atoms with Crippen LogP contribution in [0.5, 0.6) is 0 Å². The van der Waals surface area contributed by atoms with Crippen molar-refractivity contribution in [1.82, 2.24) is 0 Å². The molecule has 3 N–H and O–H groups in total. The number of carboxylic acids is 1. The largest absolute Gasteiger partial charge is 0.481 e. The summed E-state index contributed by atoms with van der Waals surface area (Å²) in [5, 5.41) is 33.9. The Morgan fingerprint density at radius 1 is 0.897 bits per heavy atom. The Balaban J connectivity index is 1.36. The van der Waals surface area contributed by atoms with Gasteiger partial charge in [-0.3, -0.25) is 4.79 Å². The van der Waals surface area contributed by atoms with Crippen LogP contribution >= 0.6 is 0 Å². The van der Waals surface area contributed by atoms with Gasteiger partial charge in [-0.1, -0.05) is 40.5 Å². The standard InChI is InChI=1S/C34H54O5/c1-6-8-23-31-16-18-33-10-7-9-32(17-14-29(33,4)25(31)22(35)19-34(23,38)39-21-31)24-20-28(3,26(36)37)12-11-27(24,2)13-15-30(32,33)5/h22-25,35,38H,6-21H2,1-5H3,(H,36,37)/t22-,23+,24+,25-,27+,28+,29-,30-,31-,32-,33-,34-/m0/s1. The van der Waals surface area contributed by atoms with E-state index in [2.05, 4.69) is 27.7 Å². The molecule has 1 heterocycles. The summed E-state index contributed by atoms with van der Waals surface area (Å²) < 4.78 is 6.29. The number of hydrogen-bond donors (Lipinski definition) is 3. The first-order chi connectivity index (χ1) is 18.2. The number of fused-ring (bicyclic) bond motifs is 3. The molecule has 7 rings (SSSR count). The van der Waals surface area contributed by atoms with Crippen LogP contribution in [0.4, 0.5) is 0 Å². The Bertz CT molecular complexity index is 1080. The lowest BCUT2D eigenvalue weighted by atomic mass is 9.22. The molecule has 6 saturated carbocycles. The molecule has 6 aliphatic carbocycles. The van der Waals surface area contributed by atoms with E-state index in [1.54, 1.807) is 0 Å². The fourth-order valence-electron chi connectivity index (χ4n) is 14.5. The molecule has 1 saturated heterocycles. The zero-order chi connectivity index (χ0) is 27.9. The maximum atomic E-state index is 12.6. The molecule has 0 aromatic carbocycles. The van der Waals surface area contributed by atoms with E-state index in [-0.39, 0.29) is 44.3 Å². The summed E-state index contributed by atoms with van der Waals surface area (Å²) >= 11 is 0. The molecular formula is C34H54O5. The number of aliphatic hydroxyl groups excluding tert-OH is 1. The van der Waals surface area contributed by atoms with Crippen LogP contribution in [-0.2, 0) is 9.53 Å². The fourth-order valence-corrected chi connectivity index (χ4v) is 14.5. The van der Waals surface area contributed by atoms with E-state index in [1.165, 1.54) is 44.9 Å². The van der Waals surface area contributed by atoms with Crippen LogP contribution in [0.15, 0.2) is 0 Å². The third kappa shape index (κ3) is 2.83. The predicted octanol–water partition coefficient (Wildman–Crippen LogP) is 6.94. The third-order valence-electron chi connectivity index (χ3n) is 16.3. The first-order valence-corrected chi connectivity index (χ1v) is 16.5. The SMILES string of the molecule is CCC[C@@H]1[C@@]23CC[C@@]45CCC[C@]6(CC[C@@]4(C)[C@@H]2[C@@H](O)C[C@]1(O)OC3)[C@@H]1C[C@](C)(C(=O)O)CC[C@]1(C)CC[C@@]65C. The van der Waals surface area contributed by atoms with Gasteiger partial charge in [0.1, 0.15) is 0 Å². The van der Waals surface area contributed by atoms with Gasteiger partial charge < -0.3 is 20.1 Å². The number of carbonyl (C=O) groups is 1. The highest BCUT2D eigenvalue weighted by Gasteiger charge is 2.81. The average molecular weight is 543 g/mol. The molecule has 2 spiro atoms. The van der Waals surface area contributed by atoms with Crippen molar-refractivity contribution in [3.05, 3.63) is 0 Å². The van der Waals surface area contributed by atoms with Crippen LogP contribution in [0.3, 0.4) is 0 Å². The molecule has 0 aromatic heterocycles. The van der Waals surface area contributed by atoms with Gasteiger partial charge in [0.2, 0.25) is 0 Å². The van der Waals surface area contributed by atoms with Gasteiger partial charge in [0.15, 0.2) is 5.79 Å². The van der Waals surface area contributed by atoms with Crippen LogP contribution < -0.4 is 0 Å². The number of aliphatic carboxylic acids is 1. The van der Waals surface area contributed by atoms with E-state index < -0.39 is 23.3 Å². The number of carboxylic acid groups (broad SMARTS) is 1. The minimum atomic E-state index is -1.17. The maximum absolute atomic E-state index is 12.6. The van der Waals surface area contributed by atoms with Gasteiger partial charge >= 0.3 is 5.97 Å². The van der Waals surface area contributed by atoms with Crippen molar-refractivity contribution in [2.45, 2.75) is 143 Å². The van der Waals surface area contributed by atoms with Crippen molar-refractivity contribution in [2.24, 2.45) is 55.7 Å². The molecule has 7 aliphatic rings. The summed E-state index contributed by atoms with van der Waals surface area (Å²) in [6.45, 7) is 12.6. The molecule has 12 atom stereocenters. The quantitative estimate of drug-likeness (QED) is 0.360. The van der Waals surface area contributed by atoms with Crippen LogP contribution in [0.2, 0.25) is 0 Å². The van der Waals surface area contributed by atoms with Gasteiger partial charge in [-0.2, -0.15) is 0 Å². The number of aliphatic hydroxyl groups is 2. The number of hydrogen-bond acceptors (Lipinski definition) is 4. The lowest BCUT2D eigenvalue weighted by Crippen LogP contribution is -2.76. The Kier molecular flexibility index (Phi) is 5.47. The predicted molar refractivity (Wildman–Crippen MR) is 150 cm³/mol. The lowest BCUT2D eigenvalue weighted by molar-refractivity contribution is -0.345. The lowest BCUT2D eigenvalue weighted by Gasteiger charge is -2.82. The number of rotatable bonds is 3. The second-order valence-electron chi connectivity index (χ2n) is 17.1. The highest BCUT2D eigenvalue weighted by molar-refractivity contribution is 5.74. The van der Waals surface area contributed by atoms with E-state index >= 15 is 0 Å². The molecule has 39 heavy (non-hydrogen) atoms. The summed E-state index contributed by atoms with van der Waals surface area (Å²) in [7, 11) is 0. The van der Waals surface area contributed by atoms with Gasteiger partial charge in [0.05, 0.1) is 18.1 Å². The minimum absolute atomic E-state index is 0.00284. The van der Waals surface area contributed by atoms with Crippen LogP contribution in [0, 0.1) is 55.7 Å².